The molecule has 0 saturated carbocycles. The largest absolute Gasteiger partial charge is 0.494 e. The van der Waals surface area contributed by atoms with Gasteiger partial charge in [0.15, 0.2) is 5.17 Å². The highest BCUT2D eigenvalue weighted by atomic mass is 32.2. The topological polar surface area (TPSA) is 73.6 Å². The van der Waals surface area contributed by atoms with Crippen LogP contribution in [0.4, 0.5) is 5.69 Å². The first kappa shape index (κ1) is 12.9. The summed E-state index contributed by atoms with van der Waals surface area (Å²) in [5.74, 6) is 1.60. The molecule has 1 aromatic rings. The van der Waals surface area contributed by atoms with Crippen molar-refractivity contribution in [2.75, 3.05) is 12.9 Å². The Morgan fingerprint density at radius 1 is 1.50 bits per heavy atom. The molecular formula is C11H17N3OS. The molecule has 4 nitrogen and oxygen atoms in total. The van der Waals surface area contributed by atoms with E-state index in [4.69, 9.17) is 16.2 Å². The Bertz CT molecular complexity index is 379. The number of methoxy groups -OCH3 is 1. The number of benzene rings is 1. The maximum atomic E-state index is 5.76. The second-order valence-corrected chi connectivity index (χ2v) is 4.34. The molecule has 0 radical (unpaired) electrons. The average Bonchev–Trinajstić information content (AvgIpc) is 2.29. The van der Waals surface area contributed by atoms with Gasteiger partial charge < -0.3 is 16.2 Å². The zero-order valence-electron chi connectivity index (χ0n) is 9.56. The third kappa shape index (κ3) is 3.15. The molecule has 0 unspecified atom stereocenters. The molecule has 0 spiro atoms. The second-order valence-electron chi connectivity index (χ2n) is 3.06. The molecular weight excluding hydrogens is 222 g/mol. The maximum absolute atomic E-state index is 5.76. The fourth-order valence-corrected chi connectivity index (χ4v) is 1.81. The lowest BCUT2D eigenvalue weighted by Crippen LogP contribution is -2.06. The van der Waals surface area contributed by atoms with E-state index in [1.165, 1.54) is 11.8 Å². The number of thioether (sulfide) groups is 1. The number of hydrogen-bond donors (Lipinski definition) is 2. The van der Waals surface area contributed by atoms with Crippen LogP contribution in [-0.2, 0) is 6.54 Å². The van der Waals surface area contributed by atoms with E-state index in [9.17, 15) is 0 Å². The lowest BCUT2D eigenvalue weighted by molar-refractivity contribution is 0.411. The van der Waals surface area contributed by atoms with Crippen LogP contribution in [0.1, 0.15) is 12.5 Å². The zero-order chi connectivity index (χ0) is 12.0. The summed E-state index contributed by atoms with van der Waals surface area (Å²) in [7, 11) is 1.61. The Hall–Kier alpha value is -1.20. The zero-order valence-corrected chi connectivity index (χ0v) is 10.4. The molecule has 88 valence electrons. The van der Waals surface area contributed by atoms with E-state index in [0.717, 1.165) is 17.0 Å². The number of rotatable bonds is 4. The summed E-state index contributed by atoms with van der Waals surface area (Å²) in [6, 6.07) is 5.68. The molecule has 0 amide bonds. The number of para-hydroxylation sites is 1. The van der Waals surface area contributed by atoms with Gasteiger partial charge >= 0.3 is 0 Å². The Morgan fingerprint density at radius 3 is 2.81 bits per heavy atom. The Morgan fingerprint density at radius 2 is 2.25 bits per heavy atom. The van der Waals surface area contributed by atoms with Crippen LogP contribution < -0.4 is 16.2 Å². The lowest BCUT2D eigenvalue weighted by Gasteiger charge is -2.09. The average molecular weight is 239 g/mol. The van der Waals surface area contributed by atoms with Crippen molar-refractivity contribution in [2.45, 2.75) is 13.5 Å². The van der Waals surface area contributed by atoms with Crippen molar-refractivity contribution in [2.24, 2.45) is 16.5 Å². The van der Waals surface area contributed by atoms with Crippen molar-refractivity contribution in [1.29, 1.82) is 0 Å². The van der Waals surface area contributed by atoms with Crippen LogP contribution >= 0.6 is 11.8 Å². The summed E-state index contributed by atoms with van der Waals surface area (Å²) in [6.07, 6.45) is 0. The molecule has 0 fully saturated rings. The van der Waals surface area contributed by atoms with Crippen LogP contribution in [0.3, 0.4) is 0 Å². The van der Waals surface area contributed by atoms with Gasteiger partial charge in [0.25, 0.3) is 0 Å². The van der Waals surface area contributed by atoms with Crippen LogP contribution in [0.15, 0.2) is 23.2 Å². The summed E-state index contributed by atoms with van der Waals surface area (Å²) in [5.41, 5.74) is 13.0. The minimum Gasteiger partial charge on any atom is -0.494 e. The van der Waals surface area contributed by atoms with E-state index >= 15 is 0 Å². The number of nitrogens with two attached hydrogens (primary N) is 2. The molecule has 0 aliphatic carbocycles. The van der Waals surface area contributed by atoms with Crippen molar-refractivity contribution >= 4 is 22.6 Å². The molecule has 0 heterocycles. The Kier molecular flexibility index (Phi) is 5.14. The normalized spacial score (nSPS) is 11.6. The molecule has 1 aromatic carbocycles. The van der Waals surface area contributed by atoms with E-state index in [0.29, 0.717) is 17.5 Å². The van der Waals surface area contributed by atoms with Crippen molar-refractivity contribution in [3.63, 3.8) is 0 Å². The molecule has 0 aliphatic heterocycles. The van der Waals surface area contributed by atoms with Crippen LogP contribution in [0.25, 0.3) is 0 Å². The number of amidine groups is 1. The number of nitrogens with zero attached hydrogens (tertiary/aromatic N) is 1. The minimum atomic E-state index is 0.424. The molecule has 0 bridgehead atoms. The first-order valence-electron chi connectivity index (χ1n) is 5.05. The second kappa shape index (κ2) is 6.40. The third-order valence-electron chi connectivity index (χ3n) is 2.02. The predicted octanol–water partition coefficient (Wildman–Crippen LogP) is 1.85. The van der Waals surface area contributed by atoms with Gasteiger partial charge in [-0.1, -0.05) is 30.8 Å². The monoisotopic (exact) mass is 239 g/mol. The summed E-state index contributed by atoms with van der Waals surface area (Å²) in [6.45, 7) is 2.45. The van der Waals surface area contributed by atoms with E-state index in [-0.39, 0.29) is 0 Å². The van der Waals surface area contributed by atoms with E-state index in [2.05, 4.69) is 4.99 Å². The van der Waals surface area contributed by atoms with Gasteiger partial charge in [-0.15, -0.1) is 0 Å². The van der Waals surface area contributed by atoms with Gasteiger partial charge in [-0.05, 0) is 11.8 Å². The quantitative estimate of drug-likeness (QED) is 0.621. The summed E-state index contributed by atoms with van der Waals surface area (Å²) in [4.78, 5) is 4.30. The van der Waals surface area contributed by atoms with Gasteiger partial charge in [0, 0.05) is 12.1 Å². The first-order valence-corrected chi connectivity index (χ1v) is 6.04. The van der Waals surface area contributed by atoms with Crippen molar-refractivity contribution < 1.29 is 4.74 Å². The summed E-state index contributed by atoms with van der Waals surface area (Å²) in [5, 5.41) is 0.537. The molecule has 0 atom stereocenters. The fraction of sp³-hybridized carbons (Fsp3) is 0.364. The highest BCUT2D eigenvalue weighted by molar-refractivity contribution is 8.13. The molecule has 0 aromatic heterocycles. The molecule has 4 N–H and O–H groups in total. The Balaban J connectivity index is 3.08. The predicted molar refractivity (Wildman–Crippen MR) is 70.3 cm³/mol. The van der Waals surface area contributed by atoms with E-state index in [1.54, 1.807) is 7.11 Å². The van der Waals surface area contributed by atoms with Crippen LogP contribution in [0, 0.1) is 0 Å². The first-order chi connectivity index (χ1) is 7.72. The van der Waals surface area contributed by atoms with Crippen LogP contribution in [0.2, 0.25) is 0 Å². The Labute approximate surface area is 100 Å². The van der Waals surface area contributed by atoms with Crippen LogP contribution in [-0.4, -0.2) is 18.0 Å². The maximum Gasteiger partial charge on any atom is 0.159 e. The summed E-state index contributed by atoms with van der Waals surface area (Å²) >= 11 is 1.50. The van der Waals surface area contributed by atoms with Gasteiger partial charge in [-0.3, -0.25) is 0 Å². The number of aliphatic imine (C=N–C) groups is 1. The highest BCUT2D eigenvalue weighted by Gasteiger charge is 2.07. The van der Waals surface area contributed by atoms with Crippen molar-refractivity contribution in [1.82, 2.24) is 0 Å². The van der Waals surface area contributed by atoms with Crippen molar-refractivity contribution in [3.05, 3.63) is 23.8 Å². The minimum absolute atomic E-state index is 0.424. The molecule has 1 rings (SSSR count). The number of ether oxygens (including phenoxy) is 1. The van der Waals surface area contributed by atoms with E-state index < -0.39 is 0 Å². The van der Waals surface area contributed by atoms with Crippen molar-refractivity contribution in [3.8, 4) is 5.75 Å². The van der Waals surface area contributed by atoms with Gasteiger partial charge in [0.05, 0.1) is 7.11 Å². The third-order valence-corrected chi connectivity index (χ3v) is 2.70. The summed E-state index contributed by atoms with van der Waals surface area (Å²) < 4.78 is 5.29. The smallest absolute Gasteiger partial charge is 0.159 e. The fourth-order valence-electron chi connectivity index (χ4n) is 1.35. The van der Waals surface area contributed by atoms with Gasteiger partial charge in [-0.2, -0.15) is 0 Å². The van der Waals surface area contributed by atoms with Crippen LogP contribution in [0.5, 0.6) is 5.75 Å². The molecule has 0 aliphatic rings. The van der Waals surface area contributed by atoms with Gasteiger partial charge in [0.2, 0.25) is 0 Å². The molecule has 0 saturated heterocycles. The van der Waals surface area contributed by atoms with E-state index in [1.807, 2.05) is 25.1 Å². The SMILES string of the molecule is CCSC(N)=Nc1cccc(CN)c1OC. The molecule has 16 heavy (non-hydrogen) atoms. The lowest BCUT2D eigenvalue weighted by atomic mass is 10.2. The highest BCUT2D eigenvalue weighted by Crippen LogP contribution is 2.31. The van der Waals surface area contributed by atoms with Gasteiger partial charge in [-0.25, -0.2) is 4.99 Å². The standard InChI is InChI=1S/C11H17N3OS/c1-3-16-11(13)14-9-6-4-5-8(7-12)10(9)15-2/h4-6H,3,7,12H2,1-2H3,(H2,13,14). The van der Waals surface area contributed by atoms with Gasteiger partial charge in [0.1, 0.15) is 11.4 Å². The molecule has 5 heteroatoms. The number of hydrogen-bond acceptors (Lipinski definition) is 4.